The number of hydrogen-bond donors (Lipinski definition) is 2. The maximum Gasteiger partial charge on any atom is 0.211 e. The first-order valence-corrected chi connectivity index (χ1v) is 5.56. The van der Waals surface area contributed by atoms with Gasteiger partial charge >= 0.3 is 0 Å². The van der Waals surface area contributed by atoms with Crippen LogP contribution in [0.5, 0.6) is 0 Å². The van der Waals surface area contributed by atoms with Crippen LogP contribution in [0.1, 0.15) is 4.88 Å². The third kappa shape index (κ3) is 3.45. The van der Waals surface area contributed by atoms with Gasteiger partial charge in [-0.2, -0.15) is 5.10 Å². The van der Waals surface area contributed by atoms with Crippen molar-refractivity contribution in [3.63, 3.8) is 0 Å². The third-order valence-corrected chi connectivity index (χ3v) is 4.21. The van der Waals surface area contributed by atoms with Gasteiger partial charge in [-0.05, 0) is 37.9 Å². The highest BCUT2D eigenvalue weighted by atomic mass is 79.9. The molecule has 4 nitrogen and oxygen atoms in total. The molecule has 1 aromatic rings. The van der Waals surface area contributed by atoms with E-state index in [-0.39, 0.29) is 5.96 Å². The zero-order chi connectivity index (χ0) is 9.84. The highest BCUT2D eigenvalue weighted by Crippen LogP contribution is 2.31. The van der Waals surface area contributed by atoms with E-state index < -0.39 is 0 Å². The molecule has 0 unspecified atom stereocenters. The van der Waals surface area contributed by atoms with Crippen molar-refractivity contribution in [3.05, 3.63) is 19.2 Å². The molecule has 0 amide bonds. The van der Waals surface area contributed by atoms with Crippen LogP contribution in [0.15, 0.2) is 24.5 Å². The average molecular weight is 326 g/mol. The molecular formula is C6H6Br2N4S. The summed E-state index contributed by atoms with van der Waals surface area (Å²) in [5.74, 6) is -0.0501. The van der Waals surface area contributed by atoms with Gasteiger partial charge in [0.05, 0.1) is 10.0 Å². The largest absolute Gasteiger partial charge is 0.369 e. The van der Waals surface area contributed by atoms with Crippen molar-refractivity contribution in [2.45, 2.75) is 0 Å². The van der Waals surface area contributed by atoms with Crippen LogP contribution < -0.4 is 11.5 Å². The van der Waals surface area contributed by atoms with E-state index in [1.807, 2.05) is 6.07 Å². The second-order valence-electron chi connectivity index (χ2n) is 2.04. The van der Waals surface area contributed by atoms with Gasteiger partial charge in [-0.15, -0.1) is 16.4 Å². The summed E-state index contributed by atoms with van der Waals surface area (Å²) in [6, 6.07) is 1.92. The zero-order valence-electron chi connectivity index (χ0n) is 6.37. The van der Waals surface area contributed by atoms with Gasteiger partial charge in [0.25, 0.3) is 0 Å². The lowest BCUT2D eigenvalue weighted by molar-refractivity contribution is 1.22. The molecule has 0 atom stereocenters. The summed E-state index contributed by atoms with van der Waals surface area (Å²) in [6.45, 7) is 0. The molecule has 1 aromatic heterocycles. The van der Waals surface area contributed by atoms with Gasteiger partial charge in [0.15, 0.2) is 0 Å². The minimum Gasteiger partial charge on any atom is -0.369 e. The van der Waals surface area contributed by atoms with Crippen molar-refractivity contribution in [2.75, 3.05) is 0 Å². The quantitative estimate of drug-likeness (QED) is 0.495. The Morgan fingerprint density at radius 1 is 1.46 bits per heavy atom. The predicted molar refractivity (Wildman–Crippen MR) is 63.1 cm³/mol. The van der Waals surface area contributed by atoms with Crippen molar-refractivity contribution < 1.29 is 0 Å². The molecule has 0 fully saturated rings. The van der Waals surface area contributed by atoms with Crippen LogP contribution in [-0.4, -0.2) is 12.2 Å². The number of rotatable bonds is 2. The number of hydrogen-bond acceptors (Lipinski definition) is 3. The molecule has 4 N–H and O–H groups in total. The van der Waals surface area contributed by atoms with Gasteiger partial charge in [-0.3, -0.25) is 0 Å². The van der Waals surface area contributed by atoms with Gasteiger partial charge in [-0.1, -0.05) is 0 Å². The van der Waals surface area contributed by atoms with Crippen molar-refractivity contribution in [2.24, 2.45) is 21.7 Å². The second-order valence-corrected chi connectivity index (χ2v) is 5.30. The summed E-state index contributed by atoms with van der Waals surface area (Å²) >= 11 is 8.25. The fourth-order valence-electron chi connectivity index (χ4n) is 0.579. The standard InChI is InChI=1S/C6H6Br2N4S/c7-4-1-3(13-5(4)8)2-11-12-6(9)10/h1-2H,(H4,9,10,12). The van der Waals surface area contributed by atoms with Crippen LogP contribution in [0.25, 0.3) is 0 Å². The Kier molecular flexibility index (Phi) is 3.89. The van der Waals surface area contributed by atoms with E-state index in [0.717, 1.165) is 13.1 Å². The van der Waals surface area contributed by atoms with Crippen molar-refractivity contribution in [3.8, 4) is 0 Å². The Morgan fingerprint density at radius 2 is 2.15 bits per heavy atom. The molecule has 0 radical (unpaired) electrons. The van der Waals surface area contributed by atoms with E-state index in [9.17, 15) is 0 Å². The molecule has 0 aliphatic rings. The third-order valence-electron chi connectivity index (χ3n) is 1.02. The van der Waals surface area contributed by atoms with Gasteiger partial charge in [0.1, 0.15) is 0 Å². The second kappa shape index (κ2) is 4.73. The molecule has 0 spiro atoms. The highest BCUT2D eigenvalue weighted by Gasteiger charge is 2.00. The summed E-state index contributed by atoms with van der Waals surface area (Å²) in [7, 11) is 0. The van der Waals surface area contributed by atoms with E-state index in [1.54, 1.807) is 6.21 Å². The van der Waals surface area contributed by atoms with E-state index in [2.05, 4.69) is 42.1 Å². The summed E-state index contributed by atoms with van der Waals surface area (Å²) in [4.78, 5) is 0.962. The van der Waals surface area contributed by atoms with Gasteiger partial charge in [0.2, 0.25) is 5.96 Å². The van der Waals surface area contributed by atoms with E-state index in [1.165, 1.54) is 11.3 Å². The van der Waals surface area contributed by atoms with Crippen LogP contribution >= 0.6 is 43.2 Å². The van der Waals surface area contributed by atoms with Crippen LogP contribution in [0.3, 0.4) is 0 Å². The smallest absolute Gasteiger partial charge is 0.211 e. The van der Waals surface area contributed by atoms with Gasteiger partial charge in [-0.25, -0.2) is 0 Å². The molecule has 0 saturated carbocycles. The summed E-state index contributed by atoms with van der Waals surface area (Å²) in [5.41, 5.74) is 10.2. The molecule has 0 bridgehead atoms. The lowest BCUT2D eigenvalue weighted by atomic mass is 10.5. The molecule has 13 heavy (non-hydrogen) atoms. The van der Waals surface area contributed by atoms with E-state index >= 15 is 0 Å². The zero-order valence-corrected chi connectivity index (χ0v) is 10.4. The Morgan fingerprint density at radius 3 is 2.62 bits per heavy atom. The Bertz CT molecular complexity index is 334. The average Bonchev–Trinajstić information content (AvgIpc) is 2.30. The Balaban J connectivity index is 2.75. The first-order valence-electron chi connectivity index (χ1n) is 3.16. The number of thiophene rings is 1. The topological polar surface area (TPSA) is 76.8 Å². The van der Waals surface area contributed by atoms with Crippen LogP contribution in [0, 0.1) is 0 Å². The van der Waals surface area contributed by atoms with Crippen molar-refractivity contribution in [1.29, 1.82) is 0 Å². The molecule has 0 aromatic carbocycles. The summed E-state index contributed by atoms with van der Waals surface area (Å²) in [6.07, 6.45) is 1.58. The fourth-order valence-corrected chi connectivity index (χ4v) is 2.54. The van der Waals surface area contributed by atoms with E-state index in [0.29, 0.717) is 0 Å². The van der Waals surface area contributed by atoms with Crippen molar-refractivity contribution >= 4 is 55.4 Å². The first kappa shape index (κ1) is 10.7. The van der Waals surface area contributed by atoms with Gasteiger partial charge < -0.3 is 11.5 Å². The number of halogens is 2. The normalized spacial score (nSPS) is 10.6. The molecule has 0 saturated heterocycles. The molecule has 1 rings (SSSR count). The van der Waals surface area contributed by atoms with Crippen molar-refractivity contribution in [1.82, 2.24) is 0 Å². The maximum atomic E-state index is 5.09. The first-order chi connectivity index (χ1) is 6.09. The molecule has 0 aliphatic heterocycles. The highest BCUT2D eigenvalue weighted by molar-refractivity contribution is 9.13. The fraction of sp³-hybridized carbons (Fsp3) is 0. The molecule has 0 aliphatic carbocycles. The van der Waals surface area contributed by atoms with Gasteiger partial charge in [0, 0.05) is 9.35 Å². The SMILES string of the molecule is NC(N)=NN=Cc1cc(Br)c(Br)s1. The Hall–Kier alpha value is -0.400. The van der Waals surface area contributed by atoms with E-state index in [4.69, 9.17) is 11.5 Å². The molecular weight excluding hydrogens is 320 g/mol. The van der Waals surface area contributed by atoms with Crippen LogP contribution in [0.2, 0.25) is 0 Å². The number of nitrogens with two attached hydrogens (primary N) is 2. The number of guanidine groups is 1. The summed E-state index contributed by atoms with van der Waals surface area (Å²) in [5, 5.41) is 7.15. The molecule has 1 heterocycles. The minimum absolute atomic E-state index is 0.0501. The monoisotopic (exact) mass is 324 g/mol. The van der Waals surface area contributed by atoms with Crippen LogP contribution in [-0.2, 0) is 0 Å². The Labute approximate surface area is 96.0 Å². The lowest BCUT2D eigenvalue weighted by Crippen LogP contribution is -2.21. The molecule has 70 valence electrons. The maximum absolute atomic E-state index is 5.09. The lowest BCUT2D eigenvalue weighted by Gasteiger charge is -1.82. The van der Waals surface area contributed by atoms with Crippen LogP contribution in [0.4, 0.5) is 0 Å². The summed E-state index contributed by atoms with van der Waals surface area (Å²) < 4.78 is 2.00. The predicted octanol–water partition coefficient (Wildman–Crippen LogP) is 1.88. The molecule has 7 heteroatoms. The minimum atomic E-state index is -0.0501. The number of nitrogens with zero attached hydrogens (tertiary/aromatic N) is 2.